The molecule has 0 aromatic heterocycles. The average molecular weight is 397 g/mol. The predicted molar refractivity (Wildman–Crippen MR) is 103 cm³/mol. The monoisotopic (exact) mass is 397 g/mol. The third-order valence-electron chi connectivity index (χ3n) is 5.61. The van der Waals surface area contributed by atoms with Crippen LogP contribution in [-0.4, -0.2) is 44.2 Å². The Hall–Kier alpha value is -2.93. The maximum atomic E-state index is 12.3. The molecule has 2 aromatic rings. The molecule has 0 spiro atoms. The molecule has 1 saturated heterocycles. The van der Waals surface area contributed by atoms with Gasteiger partial charge in [0, 0.05) is 6.54 Å². The summed E-state index contributed by atoms with van der Waals surface area (Å²) in [7, 11) is 0. The van der Waals surface area contributed by atoms with Crippen molar-refractivity contribution in [2.45, 2.75) is 19.4 Å². The summed E-state index contributed by atoms with van der Waals surface area (Å²) in [5.41, 5.74) is 1.72. The van der Waals surface area contributed by atoms with Crippen LogP contribution in [0.15, 0.2) is 36.4 Å². The van der Waals surface area contributed by atoms with Crippen LogP contribution in [0.25, 0.3) is 0 Å². The summed E-state index contributed by atoms with van der Waals surface area (Å²) in [6.45, 7) is 3.81. The smallest absolute Gasteiger partial charge is 0.338 e. The van der Waals surface area contributed by atoms with E-state index in [0.717, 1.165) is 44.0 Å². The van der Waals surface area contributed by atoms with E-state index in [4.69, 9.17) is 23.7 Å². The molecule has 7 nitrogen and oxygen atoms in total. The van der Waals surface area contributed by atoms with Crippen LogP contribution in [-0.2, 0) is 11.3 Å². The molecule has 0 amide bonds. The van der Waals surface area contributed by atoms with Crippen molar-refractivity contribution in [2.75, 3.05) is 33.3 Å². The second-order valence-electron chi connectivity index (χ2n) is 7.57. The quantitative estimate of drug-likeness (QED) is 0.718. The topological polar surface area (TPSA) is 66.5 Å². The van der Waals surface area contributed by atoms with E-state index in [0.29, 0.717) is 36.4 Å². The molecule has 3 aliphatic heterocycles. The van der Waals surface area contributed by atoms with Gasteiger partial charge in [-0.15, -0.1) is 0 Å². The molecule has 0 radical (unpaired) electrons. The van der Waals surface area contributed by atoms with Crippen LogP contribution in [0.2, 0.25) is 0 Å². The van der Waals surface area contributed by atoms with Crippen LogP contribution in [0, 0.1) is 5.92 Å². The predicted octanol–water partition coefficient (Wildman–Crippen LogP) is 3.21. The fourth-order valence-corrected chi connectivity index (χ4v) is 3.91. The number of ether oxygens (including phenoxy) is 5. The van der Waals surface area contributed by atoms with Crippen molar-refractivity contribution in [3.63, 3.8) is 0 Å². The Balaban J connectivity index is 1.08. The first-order chi connectivity index (χ1) is 14.2. The Morgan fingerprint density at radius 2 is 1.55 bits per heavy atom. The highest BCUT2D eigenvalue weighted by atomic mass is 16.7. The highest BCUT2D eigenvalue weighted by Crippen LogP contribution is 2.34. The fourth-order valence-electron chi connectivity index (χ4n) is 3.91. The van der Waals surface area contributed by atoms with Crippen LogP contribution < -0.4 is 18.9 Å². The van der Waals surface area contributed by atoms with Crippen molar-refractivity contribution in [1.82, 2.24) is 4.90 Å². The lowest BCUT2D eigenvalue weighted by Gasteiger charge is -2.31. The molecule has 0 N–H and O–H groups in total. The summed E-state index contributed by atoms with van der Waals surface area (Å²) in [5.74, 6) is 2.98. The summed E-state index contributed by atoms with van der Waals surface area (Å²) in [4.78, 5) is 14.8. The van der Waals surface area contributed by atoms with E-state index in [2.05, 4.69) is 17.0 Å². The van der Waals surface area contributed by atoms with Gasteiger partial charge in [-0.2, -0.15) is 0 Å². The van der Waals surface area contributed by atoms with E-state index in [9.17, 15) is 4.79 Å². The molecule has 0 saturated carbocycles. The number of carbonyl (C=O) groups is 1. The van der Waals surface area contributed by atoms with Crippen LogP contribution in [0.3, 0.4) is 0 Å². The summed E-state index contributed by atoms with van der Waals surface area (Å²) in [5, 5.41) is 0. The van der Waals surface area contributed by atoms with Crippen molar-refractivity contribution in [2.24, 2.45) is 5.92 Å². The van der Waals surface area contributed by atoms with Crippen LogP contribution in [0.4, 0.5) is 0 Å². The van der Waals surface area contributed by atoms with Gasteiger partial charge in [0.1, 0.15) is 0 Å². The molecule has 3 heterocycles. The van der Waals surface area contributed by atoms with E-state index < -0.39 is 0 Å². The number of hydrogen-bond acceptors (Lipinski definition) is 7. The van der Waals surface area contributed by atoms with Gasteiger partial charge in [0.05, 0.1) is 12.2 Å². The largest absolute Gasteiger partial charge is 0.462 e. The second kappa shape index (κ2) is 7.83. The van der Waals surface area contributed by atoms with Gasteiger partial charge in [-0.05, 0) is 67.7 Å². The highest BCUT2D eigenvalue weighted by molar-refractivity contribution is 5.90. The van der Waals surface area contributed by atoms with Crippen LogP contribution in [0.1, 0.15) is 28.8 Å². The lowest BCUT2D eigenvalue weighted by Crippen LogP contribution is -2.35. The molecule has 3 aliphatic rings. The minimum absolute atomic E-state index is 0.193. The van der Waals surface area contributed by atoms with Gasteiger partial charge in [-0.1, -0.05) is 6.07 Å². The maximum absolute atomic E-state index is 12.3. The van der Waals surface area contributed by atoms with E-state index in [-0.39, 0.29) is 12.8 Å². The number of piperidine rings is 1. The number of fused-ring (bicyclic) bond motifs is 2. The van der Waals surface area contributed by atoms with Crippen molar-refractivity contribution >= 4 is 5.97 Å². The highest BCUT2D eigenvalue weighted by Gasteiger charge is 2.23. The Morgan fingerprint density at radius 1 is 0.897 bits per heavy atom. The summed E-state index contributed by atoms with van der Waals surface area (Å²) in [6, 6.07) is 11.3. The minimum atomic E-state index is -0.314. The first-order valence-electron chi connectivity index (χ1n) is 9.92. The molecule has 1 fully saturated rings. The van der Waals surface area contributed by atoms with Gasteiger partial charge in [-0.25, -0.2) is 4.79 Å². The van der Waals surface area contributed by atoms with Gasteiger partial charge < -0.3 is 23.7 Å². The molecule has 152 valence electrons. The lowest BCUT2D eigenvalue weighted by molar-refractivity contribution is 0.0368. The lowest BCUT2D eigenvalue weighted by atomic mass is 9.97. The number of carbonyl (C=O) groups excluding carboxylic acids is 1. The Kier molecular flexibility index (Phi) is 4.89. The maximum Gasteiger partial charge on any atom is 0.338 e. The fraction of sp³-hybridized carbons (Fsp3) is 0.409. The summed E-state index contributed by atoms with van der Waals surface area (Å²) < 4.78 is 27.0. The third kappa shape index (κ3) is 3.96. The molecule has 0 bridgehead atoms. The molecular weight excluding hydrogens is 374 g/mol. The zero-order valence-corrected chi connectivity index (χ0v) is 16.1. The number of hydrogen-bond donors (Lipinski definition) is 0. The van der Waals surface area contributed by atoms with Crippen molar-refractivity contribution in [1.29, 1.82) is 0 Å². The Morgan fingerprint density at radius 3 is 2.31 bits per heavy atom. The zero-order valence-electron chi connectivity index (χ0n) is 16.1. The van der Waals surface area contributed by atoms with E-state index in [1.807, 2.05) is 6.07 Å². The average Bonchev–Trinajstić information content (AvgIpc) is 3.41. The van der Waals surface area contributed by atoms with Gasteiger partial charge in [0.2, 0.25) is 13.6 Å². The van der Waals surface area contributed by atoms with Crippen LogP contribution in [0.5, 0.6) is 23.0 Å². The first kappa shape index (κ1) is 18.1. The van der Waals surface area contributed by atoms with Crippen LogP contribution >= 0.6 is 0 Å². The molecule has 0 atom stereocenters. The summed E-state index contributed by atoms with van der Waals surface area (Å²) >= 11 is 0. The van der Waals surface area contributed by atoms with Gasteiger partial charge in [0.15, 0.2) is 23.0 Å². The van der Waals surface area contributed by atoms with E-state index in [1.165, 1.54) is 5.56 Å². The number of esters is 1. The number of benzene rings is 2. The zero-order chi connectivity index (χ0) is 19.6. The molecule has 0 unspecified atom stereocenters. The van der Waals surface area contributed by atoms with Crippen molar-refractivity contribution in [3.8, 4) is 23.0 Å². The SMILES string of the molecule is O=C(OCC1CCN(Cc2ccc3c(c2)OCO3)CC1)c1ccc2c(c1)OCO2. The minimum Gasteiger partial charge on any atom is -0.462 e. The first-order valence-corrected chi connectivity index (χ1v) is 9.92. The van der Waals surface area contributed by atoms with Gasteiger partial charge in [0.25, 0.3) is 0 Å². The molecule has 29 heavy (non-hydrogen) atoms. The van der Waals surface area contributed by atoms with E-state index in [1.54, 1.807) is 18.2 Å². The van der Waals surface area contributed by atoms with Gasteiger partial charge in [-0.3, -0.25) is 4.90 Å². The number of rotatable bonds is 5. The Labute approximate surface area is 169 Å². The molecular formula is C22H23NO6. The molecule has 7 heteroatoms. The number of likely N-dealkylation sites (tertiary alicyclic amines) is 1. The van der Waals surface area contributed by atoms with Crippen molar-refractivity contribution < 1.29 is 28.5 Å². The third-order valence-corrected chi connectivity index (χ3v) is 5.61. The standard InChI is InChI=1S/C22H23NO6/c24-22(17-2-4-19-21(10-17)29-14-27-19)25-12-15-5-7-23(8-6-15)11-16-1-3-18-20(9-16)28-13-26-18/h1-4,9-10,15H,5-8,11-14H2. The van der Waals surface area contributed by atoms with Crippen molar-refractivity contribution in [3.05, 3.63) is 47.5 Å². The second-order valence-corrected chi connectivity index (χ2v) is 7.57. The normalized spacial score (nSPS) is 18.1. The Bertz CT molecular complexity index is 906. The number of nitrogens with zero attached hydrogens (tertiary/aromatic N) is 1. The molecule has 5 rings (SSSR count). The molecule has 0 aliphatic carbocycles. The van der Waals surface area contributed by atoms with E-state index >= 15 is 0 Å². The van der Waals surface area contributed by atoms with Gasteiger partial charge >= 0.3 is 5.97 Å². The molecule has 2 aromatic carbocycles. The summed E-state index contributed by atoms with van der Waals surface area (Å²) in [6.07, 6.45) is 2.03.